The number of hydrogen-bond donors (Lipinski definition) is 3. The molecule has 178 valence electrons. The Morgan fingerprint density at radius 3 is 2.31 bits per heavy atom. The Hall–Kier alpha value is -1.83. The molecule has 2 aromatic rings. The van der Waals surface area contributed by atoms with Crippen LogP contribution < -0.4 is 11.1 Å². The van der Waals surface area contributed by atoms with Crippen molar-refractivity contribution in [2.75, 3.05) is 29.1 Å². The van der Waals surface area contributed by atoms with Crippen LogP contribution in [0.25, 0.3) is 5.69 Å². The lowest BCUT2D eigenvalue weighted by atomic mass is 10.2. The number of aromatic nitrogens is 2. The number of rotatable bonds is 9. The highest BCUT2D eigenvalue weighted by Gasteiger charge is 2.33. The van der Waals surface area contributed by atoms with Gasteiger partial charge in [-0.3, -0.25) is 8.42 Å². The first-order chi connectivity index (χ1) is 15.0. The number of hydrogen-bond acceptors (Lipinski definition) is 6. The van der Waals surface area contributed by atoms with E-state index in [0.29, 0.717) is 17.9 Å². The summed E-state index contributed by atoms with van der Waals surface area (Å²) in [5, 5.41) is 18.4. The van der Waals surface area contributed by atoms with Gasteiger partial charge in [0.15, 0.2) is 5.84 Å². The number of alkyl halides is 3. The maximum atomic E-state index is 13.1. The fourth-order valence-corrected chi connectivity index (χ4v) is 4.94. The minimum absolute atomic E-state index is 0.0390. The van der Waals surface area contributed by atoms with Gasteiger partial charge in [-0.2, -0.15) is 18.3 Å². The predicted molar refractivity (Wildman–Crippen MR) is 120 cm³/mol. The molecule has 1 aromatic heterocycles. The molecule has 0 saturated heterocycles. The van der Waals surface area contributed by atoms with Gasteiger partial charge in [0.25, 0.3) is 0 Å². The highest BCUT2D eigenvalue weighted by molar-refractivity contribution is 7.85. The first-order valence-corrected chi connectivity index (χ1v) is 12.7. The van der Waals surface area contributed by atoms with Crippen molar-refractivity contribution >= 4 is 56.5 Å². The van der Waals surface area contributed by atoms with Crippen LogP contribution in [-0.2, 0) is 27.8 Å². The lowest BCUT2D eigenvalue weighted by molar-refractivity contribution is -0.137. The molecule has 0 amide bonds. The van der Waals surface area contributed by atoms with Crippen LogP contribution in [0.5, 0.6) is 0 Å². The van der Waals surface area contributed by atoms with Crippen molar-refractivity contribution in [1.29, 1.82) is 0 Å². The van der Waals surface area contributed by atoms with Gasteiger partial charge in [-0.1, -0.05) is 42.2 Å². The minimum atomic E-state index is -4.69. The zero-order valence-electron chi connectivity index (χ0n) is 16.9. The molecule has 0 spiro atoms. The van der Waals surface area contributed by atoms with Crippen molar-refractivity contribution < 1.29 is 26.8 Å². The number of amidine groups is 1. The maximum absolute atomic E-state index is 13.1. The van der Waals surface area contributed by atoms with Gasteiger partial charge in [0.2, 0.25) is 0 Å². The van der Waals surface area contributed by atoms with E-state index < -0.39 is 39.2 Å². The van der Waals surface area contributed by atoms with Crippen molar-refractivity contribution in [3.05, 3.63) is 33.4 Å². The summed E-state index contributed by atoms with van der Waals surface area (Å²) >= 11 is 12.3. The second-order valence-electron chi connectivity index (χ2n) is 6.20. The molecule has 2 unspecified atom stereocenters. The molecule has 0 fully saturated rings. The number of nitrogens with zero attached hydrogens (tertiary/aromatic N) is 3. The third-order valence-electron chi connectivity index (χ3n) is 4.18. The molecular formula is C17H20Cl2F3N5O3S2. The molecule has 2 atom stereocenters. The Morgan fingerprint density at radius 2 is 1.84 bits per heavy atom. The first kappa shape index (κ1) is 26.4. The van der Waals surface area contributed by atoms with Gasteiger partial charge in [0, 0.05) is 34.6 Å². The highest BCUT2D eigenvalue weighted by Crippen LogP contribution is 2.39. The second-order valence-corrected chi connectivity index (χ2v) is 10.6. The summed E-state index contributed by atoms with van der Waals surface area (Å²) in [6.07, 6.45) is -4.69. The second kappa shape index (κ2) is 10.9. The number of anilines is 1. The molecule has 15 heteroatoms. The van der Waals surface area contributed by atoms with Crippen molar-refractivity contribution in [3.8, 4) is 5.69 Å². The number of benzene rings is 1. The van der Waals surface area contributed by atoms with E-state index in [1.807, 2.05) is 0 Å². The van der Waals surface area contributed by atoms with Crippen LogP contribution in [0.15, 0.2) is 22.2 Å². The quantitative estimate of drug-likeness (QED) is 0.196. The van der Waals surface area contributed by atoms with Crippen molar-refractivity contribution in [2.45, 2.75) is 24.9 Å². The lowest BCUT2D eigenvalue weighted by Gasteiger charge is -2.16. The summed E-state index contributed by atoms with van der Waals surface area (Å²) in [5.74, 6) is 0.360. The van der Waals surface area contributed by atoms with Crippen LogP contribution >= 0.6 is 23.2 Å². The topological polar surface area (TPSA) is 123 Å². The van der Waals surface area contributed by atoms with Crippen LogP contribution in [0, 0.1) is 0 Å². The zero-order valence-corrected chi connectivity index (χ0v) is 20.0. The molecule has 0 aliphatic carbocycles. The van der Waals surface area contributed by atoms with Crippen molar-refractivity contribution in [3.63, 3.8) is 0 Å². The summed E-state index contributed by atoms with van der Waals surface area (Å²) < 4.78 is 65.0. The van der Waals surface area contributed by atoms with E-state index in [9.17, 15) is 21.6 Å². The van der Waals surface area contributed by atoms with Gasteiger partial charge in [-0.25, -0.2) is 4.68 Å². The third kappa shape index (κ3) is 5.74. The van der Waals surface area contributed by atoms with Crippen molar-refractivity contribution in [1.82, 2.24) is 9.78 Å². The molecule has 0 radical (unpaired) electrons. The van der Waals surface area contributed by atoms with Crippen LogP contribution in [-0.4, -0.2) is 53.0 Å². The fourth-order valence-electron chi connectivity index (χ4n) is 2.65. The van der Waals surface area contributed by atoms with E-state index in [2.05, 4.69) is 15.6 Å². The van der Waals surface area contributed by atoms with Gasteiger partial charge in [0.1, 0.15) is 22.1 Å². The standard InChI is InChI=1S/C17H20Cl2F3N5O3S2/c1-3-31(29)6-5-24-16-14(32(30)4-2)12(15(23)26-28)25-27(16)13-10(18)7-9(8-11(13)19)17(20,21)22/h7-8,24,28H,3-6H2,1-2H3,(H2,23,26). The van der Waals surface area contributed by atoms with Crippen LogP contribution in [0.4, 0.5) is 19.0 Å². The van der Waals surface area contributed by atoms with E-state index >= 15 is 0 Å². The Bertz CT molecular complexity index is 1050. The molecule has 0 aliphatic heterocycles. The smallest absolute Gasteiger partial charge is 0.409 e. The van der Waals surface area contributed by atoms with Crippen LogP contribution in [0.2, 0.25) is 10.0 Å². The molecule has 8 nitrogen and oxygen atoms in total. The SMILES string of the molecule is CCS(=O)CCNc1c(S(=O)CC)c(/C(N)=N\O)nn1-c1c(Cl)cc(C(F)(F)F)cc1Cl. The molecule has 1 heterocycles. The average Bonchev–Trinajstić information content (AvgIpc) is 3.10. The van der Waals surface area contributed by atoms with Gasteiger partial charge in [-0.05, 0) is 12.1 Å². The molecule has 0 aliphatic rings. The van der Waals surface area contributed by atoms with Crippen LogP contribution in [0.3, 0.4) is 0 Å². The Morgan fingerprint density at radius 1 is 1.25 bits per heavy atom. The maximum Gasteiger partial charge on any atom is 0.416 e. The third-order valence-corrected chi connectivity index (χ3v) is 7.43. The van der Waals surface area contributed by atoms with Gasteiger partial charge >= 0.3 is 6.18 Å². The number of halogens is 5. The van der Waals surface area contributed by atoms with E-state index in [0.717, 1.165) is 4.68 Å². The number of oxime groups is 1. The molecule has 4 N–H and O–H groups in total. The number of nitrogens with one attached hydrogen (secondary N) is 1. The summed E-state index contributed by atoms with van der Waals surface area (Å²) in [7, 11) is -2.83. The van der Waals surface area contributed by atoms with E-state index in [1.165, 1.54) is 0 Å². The van der Waals surface area contributed by atoms with Gasteiger partial charge < -0.3 is 16.3 Å². The predicted octanol–water partition coefficient (Wildman–Crippen LogP) is 3.60. The molecule has 2 rings (SSSR count). The molecule has 0 bridgehead atoms. The van der Waals surface area contributed by atoms with Crippen molar-refractivity contribution in [2.24, 2.45) is 10.9 Å². The largest absolute Gasteiger partial charge is 0.416 e. The van der Waals surface area contributed by atoms with E-state index in [-0.39, 0.29) is 50.2 Å². The molecule has 0 saturated carbocycles. The molecule has 32 heavy (non-hydrogen) atoms. The van der Waals surface area contributed by atoms with Gasteiger partial charge in [-0.15, -0.1) is 0 Å². The Kier molecular flexibility index (Phi) is 8.97. The molecule has 1 aromatic carbocycles. The summed E-state index contributed by atoms with van der Waals surface area (Å²) in [6.45, 7) is 3.51. The Balaban J connectivity index is 2.77. The summed E-state index contributed by atoms with van der Waals surface area (Å²) in [6, 6.07) is 1.36. The minimum Gasteiger partial charge on any atom is -0.409 e. The fraction of sp³-hybridized carbons (Fsp3) is 0.412. The normalized spacial score (nSPS) is 14.4. The Labute approximate surface area is 196 Å². The molecular weight excluding hydrogens is 514 g/mol. The highest BCUT2D eigenvalue weighted by atomic mass is 35.5. The first-order valence-electron chi connectivity index (χ1n) is 9.10. The lowest BCUT2D eigenvalue weighted by Crippen LogP contribution is -2.17. The van der Waals surface area contributed by atoms with E-state index in [4.69, 9.17) is 34.1 Å². The average molecular weight is 534 g/mol. The zero-order chi connectivity index (χ0) is 24.2. The summed E-state index contributed by atoms with van der Waals surface area (Å²) in [4.78, 5) is 0.0390. The van der Waals surface area contributed by atoms with Crippen LogP contribution in [0.1, 0.15) is 25.1 Å². The van der Waals surface area contributed by atoms with E-state index in [1.54, 1.807) is 13.8 Å². The number of nitrogens with two attached hydrogens (primary N) is 1. The monoisotopic (exact) mass is 533 g/mol. The van der Waals surface area contributed by atoms with Gasteiger partial charge in [0.05, 0.1) is 26.4 Å². The summed E-state index contributed by atoms with van der Waals surface area (Å²) in [5.41, 5.74) is 4.34.